The number of nitrogens with two attached hydrogens (primary N) is 1. The Morgan fingerprint density at radius 1 is 1.28 bits per heavy atom. The molecule has 3 aliphatic heterocycles. The second kappa shape index (κ2) is 12.0. The van der Waals surface area contributed by atoms with Crippen LogP contribution in [0.15, 0.2) is 39.1 Å². The Balaban J connectivity index is 1.17. The lowest BCUT2D eigenvalue weighted by Crippen LogP contribution is -2.51. The number of carbonyl (C=O) groups excluding carboxylic acids is 1. The van der Waals surface area contributed by atoms with Gasteiger partial charge in [0, 0.05) is 29.4 Å². The van der Waals surface area contributed by atoms with Gasteiger partial charge in [0.25, 0.3) is 11.5 Å². The molecule has 5 N–H and O–H groups in total. The number of halogens is 1. The number of rotatable bonds is 6. The number of aromatic hydroxyl groups is 1. The van der Waals surface area contributed by atoms with Crippen molar-refractivity contribution < 1.29 is 24.5 Å². The van der Waals surface area contributed by atoms with E-state index in [0.717, 1.165) is 25.9 Å². The van der Waals surface area contributed by atoms with E-state index in [1.165, 1.54) is 16.3 Å². The first-order valence-electron chi connectivity index (χ1n) is 14.0. The van der Waals surface area contributed by atoms with Gasteiger partial charge < -0.3 is 35.6 Å². The molecule has 3 aromatic rings. The number of aliphatic hydroxyl groups excluding tert-OH is 1. The fourth-order valence-electron chi connectivity index (χ4n) is 5.89. The van der Waals surface area contributed by atoms with E-state index in [1.54, 1.807) is 24.4 Å². The fourth-order valence-corrected chi connectivity index (χ4v) is 7.01. The number of nitrogens with zero attached hydrogens (tertiary/aromatic N) is 5. The summed E-state index contributed by atoms with van der Waals surface area (Å²) in [6.45, 7) is 4.46. The van der Waals surface area contributed by atoms with Crippen molar-refractivity contribution in [3.63, 3.8) is 0 Å². The molecule has 0 bridgehead atoms. The third-order valence-corrected chi connectivity index (χ3v) is 9.91. The number of carbonyl (C=O) groups is 1. The Morgan fingerprint density at radius 2 is 2.07 bits per heavy atom. The van der Waals surface area contributed by atoms with Crippen molar-refractivity contribution in [1.82, 2.24) is 19.5 Å². The number of anilines is 2. The van der Waals surface area contributed by atoms with Crippen LogP contribution in [0.1, 0.15) is 41.6 Å². The molecule has 1 aromatic carbocycles. The molecule has 0 aliphatic carbocycles. The van der Waals surface area contributed by atoms with Crippen LogP contribution in [0.25, 0.3) is 0 Å². The number of hydrogen-bond donors (Lipinski definition) is 4. The number of piperidine rings is 1. The van der Waals surface area contributed by atoms with E-state index in [9.17, 15) is 19.8 Å². The van der Waals surface area contributed by atoms with Crippen LogP contribution in [-0.2, 0) is 29.2 Å². The molecule has 3 aliphatic rings. The zero-order valence-corrected chi connectivity index (χ0v) is 25.0. The van der Waals surface area contributed by atoms with Crippen molar-refractivity contribution in [2.45, 2.75) is 61.6 Å². The first kappa shape index (κ1) is 29.8. The fraction of sp³-hybridized carbons (Fsp3) is 0.464. The molecule has 2 saturated heterocycles. The highest BCUT2D eigenvalue weighted by Gasteiger charge is 2.47. The summed E-state index contributed by atoms with van der Waals surface area (Å²) >= 11 is 7.87. The first-order chi connectivity index (χ1) is 20.7. The highest BCUT2D eigenvalue weighted by Crippen LogP contribution is 2.42. The largest absolute Gasteiger partial charge is 0.493 e. The van der Waals surface area contributed by atoms with E-state index < -0.39 is 22.9 Å². The van der Waals surface area contributed by atoms with Gasteiger partial charge in [-0.25, -0.2) is 9.97 Å². The van der Waals surface area contributed by atoms with Gasteiger partial charge in [-0.1, -0.05) is 29.4 Å². The van der Waals surface area contributed by atoms with E-state index in [1.807, 2.05) is 6.92 Å². The van der Waals surface area contributed by atoms with Crippen LogP contribution >= 0.6 is 23.4 Å². The maximum atomic E-state index is 13.1. The smallest absolute Gasteiger partial charge is 0.270 e. The molecule has 15 heteroatoms. The molecule has 6 rings (SSSR count). The molecule has 228 valence electrons. The van der Waals surface area contributed by atoms with Crippen LogP contribution in [0.2, 0.25) is 5.02 Å². The predicted molar refractivity (Wildman–Crippen MR) is 159 cm³/mol. The standard InChI is InChI=1S/C28H32ClN7O6S/c1-15-23(30)28(14-42-15)5-7-35(8-6-28)24-17(12-37)32-20(11-31-24)43-18-4-2-3-16(22(18)29)33-25(38)21-26(39)34-19-13-41-10-9-36(19)27(21)40/h2-4,11,15,23,37,39H,5-10,12-14,30H2,1H3,(H,33,38)/t15-,23+/m0/s1. The molecule has 0 saturated carbocycles. The number of hydrogen-bond acceptors (Lipinski definition) is 12. The molecule has 1 amide bonds. The molecule has 13 nitrogen and oxygen atoms in total. The molecule has 0 unspecified atom stereocenters. The van der Waals surface area contributed by atoms with Gasteiger partial charge in [0.2, 0.25) is 5.88 Å². The summed E-state index contributed by atoms with van der Waals surface area (Å²) in [5.74, 6) is -0.630. The number of ether oxygens (including phenoxy) is 2. The maximum absolute atomic E-state index is 13.1. The van der Waals surface area contributed by atoms with E-state index in [-0.39, 0.29) is 53.9 Å². The summed E-state index contributed by atoms with van der Waals surface area (Å²) in [4.78, 5) is 41.9. The monoisotopic (exact) mass is 629 g/mol. The highest BCUT2D eigenvalue weighted by atomic mass is 35.5. The third-order valence-electron chi connectivity index (χ3n) is 8.43. The number of benzene rings is 1. The SMILES string of the molecule is C[C@@H]1OCC2(CCN(c3ncc(Sc4cccc(NC(=O)c5c(O)nc6n(c5=O)CCOC6)c4Cl)nc3CO)CC2)[C@@H]1N. The van der Waals surface area contributed by atoms with Gasteiger partial charge in [-0.3, -0.25) is 14.2 Å². The van der Waals surface area contributed by atoms with Crippen molar-refractivity contribution in [3.8, 4) is 5.88 Å². The zero-order chi connectivity index (χ0) is 30.3. The second-order valence-corrected chi connectivity index (χ2v) is 12.4. The van der Waals surface area contributed by atoms with Crippen LogP contribution in [0, 0.1) is 5.41 Å². The van der Waals surface area contributed by atoms with E-state index >= 15 is 0 Å². The molecule has 0 radical (unpaired) electrons. The predicted octanol–water partition coefficient (Wildman–Crippen LogP) is 2.15. The van der Waals surface area contributed by atoms with Crippen molar-refractivity contribution in [1.29, 1.82) is 0 Å². The summed E-state index contributed by atoms with van der Waals surface area (Å²) in [6, 6.07) is 5.02. The lowest BCUT2D eigenvalue weighted by Gasteiger charge is -2.41. The van der Waals surface area contributed by atoms with Gasteiger partial charge >= 0.3 is 0 Å². The Hall–Kier alpha value is -3.27. The average molecular weight is 630 g/mol. The minimum atomic E-state index is -0.838. The Kier molecular flexibility index (Phi) is 8.33. The Labute approximate surface area is 256 Å². The zero-order valence-electron chi connectivity index (χ0n) is 23.5. The molecule has 2 fully saturated rings. The van der Waals surface area contributed by atoms with Gasteiger partial charge in [-0.15, -0.1) is 0 Å². The van der Waals surface area contributed by atoms with Crippen LogP contribution in [0.3, 0.4) is 0 Å². The molecule has 1 spiro atoms. The topological polar surface area (TPSA) is 178 Å². The van der Waals surface area contributed by atoms with Crippen molar-refractivity contribution in [2.75, 3.05) is 36.5 Å². The molecule has 2 aromatic heterocycles. The van der Waals surface area contributed by atoms with Crippen LogP contribution in [0.5, 0.6) is 5.88 Å². The van der Waals surface area contributed by atoms with E-state index in [0.29, 0.717) is 34.6 Å². The van der Waals surface area contributed by atoms with Crippen molar-refractivity contribution in [3.05, 3.63) is 56.9 Å². The van der Waals surface area contributed by atoms with E-state index in [2.05, 4.69) is 25.2 Å². The number of fused-ring (bicyclic) bond motifs is 1. The molecular weight excluding hydrogens is 598 g/mol. The molecular formula is C28H32ClN7O6S. The second-order valence-electron chi connectivity index (χ2n) is 10.9. The minimum Gasteiger partial charge on any atom is -0.493 e. The van der Waals surface area contributed by atoms with E-state index in [4.69, 9.17) is 26.8 Å². The van der Waals surface area contributed by atoms with Gasteiger partial charge in [0.1, 0.15) is 23.2 Å². The van der Waals surface area contributed by atoms with Crippen molar-refractivity contribution >= 4 is 40.8 Å². The van der Waals surface area contributed by atoms with Crippen LogP contribution < -0.4 is 21.5 Å². The number of nitrogens with one attached hydrogen (secondary N) is 1. The quantitative estimate of drug-likeness (QED) is 0.313. The number of aliphatic hydroxyl groups is 1. The van der Waals surface area contributed by atoms with Gasteiger partial charge in [0.15, 0.2) is 11.4 Å². The third kappa shape index (κ3) is 5.58. The summed E-state index contributed by atoms with van der Waals surface area (Å²) in [5.41, 5.74) is 5.97. The summed E-state index contributed by atoms with van der Waals surface area (Å²) < 4.78 is 12.4. The lowest BCUT2D eigenvalue weighted by molar-refractivity contribution is 0.0766. The summed E-state index contributed by atoms with van der Waals surface area (Å²) in [7, 11) is 0. The normalized spacial score (nSPS) is 21.2. The highest BCUT2D eigenvalue weighted by molar-refractivity contribution is 7.99. The maximum Gasteiger partial charge on any atom is 0.270 e. The summed E-state index contributed by atoms with van der Waals surface area (Å²) in [5, 5.41) is 23.8. The number of amides is 1. The van der Waals surface area contributed by atoms with Crippen LogP contribution in [-0.4, -0.2) is 74.1 Å². The van der Waals surface area contributed by atoms with Gasteiger partial charge in [-0.05, 0) is 31.9 Å². The molecule has 43 heavy (non-hydrogen) atoms. The number of aromatic nitrogens is 4. The van der Waals surface area contributed by atoms with Crippen LogP contribution in [0.4, 0.5) is 11.5 Å². The molecule has 5 heterocycles. The first-order valence-corrected chi connectivity index (χ1v) is 15.2. The Bertz CT molecular complexity index is 1610. The van der Waals surface area contributed by atoms with Crippen molar-refractivity contribution in [2.24, 2.45) is 11.1 Å². The average Bonchev–Trinajstić information content (AvgIpc) is 3.28. The van der Waals surface area contributed by atoms with Gasteiger partial charge in [0.05, 0.1) is 49.4 Å². The Morgan fingerprint density at radius 3 is 2.79 bits per heavy atom. The lowest BCUT2D eigenvalue weighted by atomic mass is 9.73. The van der Waals surface area contributed by atoms with Gasteiger partial charge in [-0.2, -0.15) is 4.98 Å². The molecule has 2 atom stereocenters. The summed E-state index contributed by atoms with van der Waals surface area (Å²) in [6.07, 6.45) is 3.41. The minimum absolute atomic E-state index is 0.00110.